The number of benzene rings is 1. The van der Waals surface area contributed by atoms with E-state index in [1.807, 2.05) is 11.8 Å². The van der Waals surface area contributed by atoms with Crippen molar-refractivity contribution in [3.8, 4) is 11.3 Å². The highest BCUT2D eigenvalue weighted by Gasteiger charge is 2.42. The van der Waals surface area contributed by atoms with Gasteiger partial charge in [-0.3, -0.25) is 10.3 Å². The van der Waals surface area contributed by atoms with Crippen LogP contribution in [0.3, 0.4) is 0 Å². The Morgan fingerprint density at radius 3 is 2.38 bits per heavy atom. The van der Waals surface area contributed by atoms with Crippen molar-refractivity contribution in [3.63, 3.8) is 0 Å². The van der Waals surface area contributed by atoms with Crippen molar-refractivity contribution in [2.75, 3.05) is 23.3 Å². The molecule has 0 unspecified atom stereocenters. The number of thiophene rings is 1. The Bertz CT molecular complexity index is 2090. The number of aryl methyl sites for hydroxylation is 1. The van der Waals surface area contributed by atoms with Crippen molar-refractivity contribution >= 4 is 72.5 Å². The number of hydrogen-bond donors (Lipinski definition) is 1. The quantitative estimate of drug-likeness (QED) is 0.208. The fourth-order valence-corrected chi connectivity index (χ4v) is 8.08. The van der Waals surface area contributed by atoms with E-state index in [9.17, 15) is 9.59 Å². The van der Waals surface area contributed by atoms with E-state index in [4.69, 9.17) is 21.1 Å². The summed E-state index contributed by atoms with van der Waals surface area (Å²) in [6.45, 7) is 18.9. The molecule has 3 aromatic heterocycles. The molecule has 15 heteroatoms. The first kappa shape index (κ1) is 35.6. The average Bonchev–Trinajstić information content (AvgIpc) is 3.26. The number of fused-ring (bicyclic) bond motifs is 3. The zero-order valence-electron chi connectivity index (χ0n) is 29.1. The van der Waals surface area contributed by atoms with Gasteiger partial charge in [0, 0.05) is 24.0 Å². The van der Waals surface area contributed by atoms with E-state index in [0.29, 0.717) is 23.1 Å². The van der Waals surface area contributed by atoms with Gasteiger partial charge in [-0.1, -0.05) is 25.1 Å². The van der Waals surface area contributed by atoms with E-state index in [0.717, 1.165) is 17.5 Å². The lowest BCUT2D eigenvalue weighted by atomic mass is 9.93. The van der Waals surface area contributed by atoms with Crippen LogP contribution in [0.1, 0.15) is 72.4 Å². The minimum atomic E-state index is -1.16. The predicted molar refractivity (Wildman–Crippen MR) is 189 cm³/mol. The Morgan fingerprint density at radius 2 is 1.74 bits per heavy atom. The van der Waals surface area contributed by atoms with Crippen LogP contribution in [0.5, 0.6) is 0 Å². The smallest absolute Gasteiger partial charge is 0.412 e. The highest BCUT2D eigenvalue weighted by atomic mass is 35.5. The lowest BCUT2D eigenvalue weighted by Gasteiger charge is -2.46. The highest BCUT2D eigenvalue weighted by molar-refractivity contribution is 7.23. The van der Waals surface area contributed by atoms with Crippen LogP contribution in [0.25, 0.3) is 37.8 Å². The molecule has 2 atom stereocenters. The monoisotopic (exact) mass is 730 g/mol. The number of pyridine rings is 1. The van der Waals surface area contributed by atoms with Crippen LogP contribution in [-0.2, 0) is 9.47 Å². The van der Waals surface area contributed by atoms with Crippen LogP contribution in [0, 0.1) is 24.6 Å². The van der Waals surface area contributed by atoms with E-state index < -0.39 is 47.1 Å². The highest BCUT2D eigenvalue weighted by Crippen LogP contribution is 2.50. The topological polar surface area (TPSA) is 110 Å². The fraction of sp³-hybridized carbons (Fsp3) is 0.457. The van der Waals surface area contributed by atoms with E-state index in [2.05, 4.69) is 26.8 Å². The maximum absolute atomic E-state index is 17.0. The zero-order valence-corrected chi connectivity index (χ0v) is 30.6. The van der Waals surface area contributed by atoms with Crippen molar-refractivity contribution in [1.29, 1.82) is 0 Å². The van der Waals surface area contributed by atoms with Gasteiger partial charge < -0.3 is 19.3 Å². The largest absolute Gasteiger partial charge is 0.444 e. The molecule has 4 aromatic rings. The Hall–Kier alpha value is -4.17. The molecule has 0 bridgehead atoms. The van der Waals surface area contributed by atoms with Gasteiger partial charge in [-0.2, -0.15) is 14.4 Å². The van der Waals surface area contributed by atoms with Crippen LogP contribution in [0.15, 0.2) is 12.8 Å². The molecule has 0 saturated carbocycles. The summed E-state index contributed by atoms with van der Waals surface area (Å²) in [5, 5.41) is 3.23. The molecule has 1 saturated heterocycles. The molecule has 1 fully saturated rings. The Kier molecular flexibility index (Phi) is 8.95. The van der Waals surface area contributed by atoms with Crippen molar-refractivity contribution < 1.29 is 32.2 Å². The van der Waals surface area contributed by atoms with E-state index in [-0.39, 0.29) is 73.6 Å². The molecule has 2 aliphatic heterocycles. The Morgan fingerprint density at radius 1 is 1.06 bits per heavy atom. The second-order valence-electron chi connectivity index (χ2n) is 14.6. The molecule has 0 radical (unpaired) electrons. The van der Waals surface area contributed by atoms with Gasteiger partial charge in [0.2, 0.25) is 0 Å². The molecule has 50 heavy (non-hydrogen) atoms. The number of amides is 2. The number of ether oxygens (including phenoxy) is 2. The third kappa shape index (κ3) is 6.32. The van der Waals surface area contributed by atoms with Crippen LogP contribution in [-0.4, -0.2) is 68.4 Å². The Labute approximate surface area is 296 Å². The van der Waals surface area contributed by atoms with Gasteiger partial charge in [0.15, 0.2) is 11.6 Å². The summed E-state index contributed by atoms with van der Waals surface area (Å²) >= 11 is 8.06. The van der Waals surface area contributed by atoms with Crippen molar-refractivity contribution in [2.24, 2.45) is 0 Å². The number of piperazine rings is 1. The number of halogens is 4. The van der Waals surface area contributed by atoms with Crippen molar-refractivity contribution in [2.45, 2.75) is 91.5 Å². The Balaban J connectivity index is 1.52. The molecule has 10 nitrogen and oxygen atoms in total. The lowest BCUT2D eigenvalue weighted by Crippen LogP contribution is -2.60. The third-order valence-corrected chi connectivity index (χ3v) is 10.2. The van der Waals surface area contributed by atoms with Gasteiger partial charge in [0.25, 0.3) is 0 Å². The molecule has 5 heterocycles. The minimum Gasteiger partial charge on any atom is -0.444 e. The number of nitrogens with one attached hydrogen (secondary N) is 1. The molecule has 6 rings (SSSR count). The van der Waals surface area contributed by atoms with E-state index in [1.54, 1.807) is 53.4 Å². The second kappa shape index (κ2) is 12.6. The second-order valence-corrected chi connectivity index (χ2v) is 16.0. The third-order valence-electron chi connectivity index (χ3n) is 8.64. The molecular formula is C35H38ClF3N6O4S. The SMILES string of the molecule is C=C1C[C@@H]2CN(C(=O)OC(C)(C)C)[C@H](CC)CN2c2nc(F)nc3c(F)c(-c4ncc(F)c5sc(NC(=O)OC(C)(C)C)c(C)c45)c(Cl)c1c23. The maximum Gasteiger partial charge on any atom is 0.412 e. The number of nitrogens with zero attached hydrogens (tertiary/aromatic N) is 5. The lowest BCUT2D eigenvalue weighted by molar-refractivity contribution is 0.0101. The van der Waals surface area contributed by atoms with E-state index >= 15 is 13.2 Å². The van der Waals surface area contributed by atoms with Crippen molar-refractivity contribution in [3.05, 3.63) is 46.6 Å². The molecule has 2 aliphatic rings. The molecule has 2 amide bonds. The number of anilines is 2. The molecule has 1 aromatic carbocycles. The van der Waals surface area contributed by atoms with Crippen LogP contribution < -0.4 is 10.2 Å². The first-order chi connectivity index (χ1) is 23.3. The number of rotatable bonds is 3. The standard InChI is InChI=1S/C35H38ClF3N6O4S/c1-10-17-13-44-18(14-45(17)33(47)49-35(7,8)9)11-15(2)20-22-27(41-31(39)42-29(22)44)25(38)23(24(20)36)26-21-16(3)30(43-32(46)48-34(4,5)6)50-28(21)19(37)12-40-26/h12,17-18H,2,10-11,13-14H2,1,3-9H3,(H,43,46)/t17-,18-/m1/s1. The van der Waals surface area contributed by atoms with Crippen LogP contribution in [0.4, 0.5) is 33.6 Å². The molecule has 0 spiro atoms. The van der Waals surface area contributed by atoms with Crippen LogP contribution in [0.2, 0.25) is 5.02 Å². The van der Waals surface area contributed by atoms with E-state index in [1.165, 1.54) is 0 Å². The van der Waals surface area contributed by atoms with Gasteiger partial charge in [-0.15, -0.1) is 11.3 Å². The fourth-order valence-electron chi connectivity index (χ4n) is 6.59. The summed E-state index contributed by atoms with van der Waals surface area (Å²) in [5.41, 5.74) is -0.904. The summed E-state index contributed by atoms with van der Waals surface area (Å²) in [6.07, 6.45) is -0.605. The number of hydrogen-bond acceptors (Lipinski definition) is 9. The summed E-state index contributed by atoms with van der Waals surface area (Å²) in [6, 6.07) is -0.744. The van der Waals surface area contributed by atoms with Gasteiger partial charge in [-0.05, 0) is 72.4 Å². The minimum absolute atomic E-state index is 0.0227. The molecule has 1 N–H and O–H groups in total. The van der Waals surface area contributed by atoms with Gasteiger partial charge >= 0.3 is 18.3 Å². The zero-order chi connectivity index (χ0) is 36.6. The number of carbonyl (C=O) groups excluding carboxylic acids is 2. The normalized spacial score (nSPS) is 18.0. The van der Waals surface area contributed by atoms with Gasteiger partial charge in [0.05, 0.1) is 44.6 Å². The summed E-state index contributed by atoms with van der Waals surface area (Å²) in [5.74, 6) is -1.54. The van der Waals surface area contributed by atoms with Gasteiger partial charge in [-0.25, -0.2) is 18.4 Å². The van der Waals surface area contributed by atoms with Gasteiger partial charge in [0.1, 0.15) is 27.5 Å². The summed E-state index contributed by atoms with van der Waals surface area (Å²) < 4.78 is 58.8. The first-order valence-corrected chi connectivity index (χ1v) is 17.4. The first-order valence-electron chi connectivity index (χ1n) is 16.2. The predicted octanol–water partition coefficient (Wildman–Crippen LogP) is 9.25. The molecule has 266 valence electrons. The molecule has 0 aliphatic carbocycles. The summed E-state index contributed by atoms with van der Waals surface area (Å²) in [7, 11) is 0. The number of aromatic nitrogens is 3. The van der Waals surface area contributed by atoms with Crippen molar-refractivity contribution in [1.82, 2.24) is 19.9 Å². The number of carbonyl (C=O) groups is 2. The summed E-state index contributed by atoms with van der Waals surface area (Å²) in [4.78, 5) is 41.8. The maximum atomic E-state index is 17.0. The van der Waals surface area contributed by atoms with Crippen LogP contribution >= 0.6 is 22.9 Å². The average molecular weight is 731 g/mol. The molecular weight excluding hydrogens is 693 g/mol.